The quantitative estimate of drug-likeness (QED) is 0.652. The maximum atomic E-state index is 12.7. The van der Waals surface area contributed by atoms with Crippen LogP contribution in [0.1, 0.15) is 47.6 Å². The molecule has 3 aromatic rings. The largest absolute Gasteiger partial charge is 0.339 e. The van der Waals surface area contributed by atoms with Gasteiger partial charge in [0.15, 0.2) is 5.65 Å². The van der Waals surface area contributed by atoms with Crippen LogP contribution >= 0.6 is 11.6 Å². The minimum atomic E-state index is -0.00803. The molecule has 0 saturated heterocycles. The fraction of sp³-hybridized carbons (Fsp3) is 0.381. The van der Waals surface area contributed by atoms with Gasteiger partial charge < -0.3 is 4.90 Å². The standard InChI is InChI=1S/C21H25ClN4O/c1-13-12-20-23-14(2)19(16(4)26(20)24-13)10-11-21(27)25(5)15(3)17-6-8-18(22)9-7-17/h6-9,12,15H,10-11H2,1-5H3/t15-/m0/s1. The van der Waals surface area contributed by atoms with Gasteiger partial charge in [0, 0.05) is 35.9 Å². The molecule has 2 heterocycles. The van der Waals surface area contributed by atoms with Crippen LogP contribution < -0.4 is 0 Å². The number of carbonyl (C=O) groups is 1. The zero-order chi connectivity index (χ0) is 19.7. The van der Waals surface area contributed by atoms with E-state index in [1.54, 1.807) is 4.90 Å². The summed E-state index contributed by atoms with van der Waals surface area (Å²) in [4.78, 5) is 19.2. The Bertz CT molecular complexity index is 978. The molecule has 3 rings (SSSR count). The van der Waals surface area contributed by atoms with Gasteiger partial charge in [0.05, 0.1) is 11.7 Å². The van der Waals surface area contributed by atoms with Gasteiger partial charge in [-0.2, -0.15) is 5.10 Å². The van der Waals surface area contributed by atoms with Gasteiger partial charge in [-0.1, -0.05) is 23.7 Å². The van der Waals surface area contributed by atoms with E-state index < -0.39 is 0 Å². The van der Waals surface area contributed by atoms with E-state index in [1.165, 1.54) is 0 Å². The molecule has 0 aliphatic rings. The van der Waals surface area contributed by atoms with Gasteiger partial charge in [-0.3, -0.25) is 4.79 Å². The Morgan fingerprint density at radius 3 is 2.56 bits per heavy atom. The van der Waals surface area contributed by atoms with Crippen LogP contribution in [0.4, 0.5) is 0 Å². The van der Waals surface area contributed by atoms with Crippen molar-refractivity contribution in [2.45, 2.75) is 46.6 Å². The van der Waals surface area contributed by atoms with Crippen molar-refractivity contribution in [1.82, 2.24) is 19.5 Å². The first-order valence-corrected chi connectivity index (χ1v) is 9.49. The number of benzene rings is 1. The molecule has 6 heteroatoms. The normalized spacial score (nSPS) is 12.4. The van der Waals surface area contributed by atoms with Gasteiger partial charge >= 0.3 is 0 Å². The molecule has 2 aromatic heterocycles. The predicted octanol–water partition coefficient (Wildman–Crippen LogP) is 4.46. The molecule has 5 nitrogen and oxygen atoms in total. The molecule has 0 N–H and O–H groups in total. The molecule has 0 fully saturated rings. The average Bonchev–Trinajstić information content (AvgIpc) is 3.01. The van der Waals surface area contributed by atoms with Crippen LogP contribution in [0.5, 0.6) is 0 Å². The third kappa shape index (κ3) is 3.98. The van der Waals surface area contributed by atoms with Gasteiger partial charge in [-0.25, -0.2) is 9.50 Å². The topological polar surface area (TPSA) is 50.5 Å². The van der Waals surface area contributed by atoms with E-state index in [0.29, 0.717) is 17.9 Å². The Balaban J connectivity index is 1.73. The van der Waals surface area contributed by atoms with E-state index in [0.717, 1.165) is 33.9 Å². The average molecular weight is 385 g/mol. The Morgan fingerprint density at radius 1 is 1.22 bits per heavy atom. The van der Waals surface area contributed by atoms with Crippen LogP contribution in [-0.2, 0) is 11.2 Å². The highest BCUT2D eigenvalue weighted by atomic mass is 35.5. The van der Waals surface area contributed by atoms with Crippen molar-refractivity contribution >= 4 is 23.2 Å². The fourth-order valence-electron chi connectivity index (χ4n) is 3.39. The summed E-state index contributed by atoms with van der Waals surface area (Å²) in [5.74, 6) is 0.105. The van der Waals surface area contributed by atoms with Crippen molar-refractivity contribution in [2.24, 2.45) is 0 Å². The second kappa shape index (κ2) is 7.69. The number of halogens is 1. The molecule has 0 bridgehead atoms. The van der Waals surface area contributed by atoms with E-state index in [4.69, 9.17) is 11.6 Å². The lowest BCUT2D eigenvalue weighted by atomic mass is 10.0. The van der Waals surface area contributed by atoms with Gasteiger partial charge in [0.2, 0.25) is 5.91 Å². The summed E-state index contributed by atoms with van der Waals surface area (Å²) in [5, 5.41) is 5.20. The van der Waals surface area contributed by atoms with E-state index in [2.05, 4.69) is 10.1 Å². The van der Waals surface area contributed by atoms with Gasteiger partial charge in [0.1, 0.15) is 0 Å². The first-order chi connectivity index (χ1) is 12.8. The number of hydrogen-bond acceptors (Lipinski definition) is 3. The lowest BCUT2D eigenvalue weighted by molar-refractivity contribution is -0.131. The second-order valence-corrected chi connectivity index (χ2v) is 7.49. The molecular weight excluding hydrogens is 360 g/mol. The van der Waals surface area contributed by atoms with E-state index >= 15 is 0 Å². The van der Waals surface area contributed by atoms with Crippen molar-refractivity contribution in [3.05, 3.63) is 63.6 Å². The molecular formula is C21H25ClN4O. The monoisotopic (exact) mass is 384 g/mol. The van der Waals surface area contributed by atoms with Crippen LogP contribution in [0.25, 0.3) is 5.65 Å². The number of aryl methyl sites for hydroxylation is 3. The van der Waals surface area contributed by atoms with Crippen LogP contribution in [0, 0.1) is 20.8 Å². The zero-order valence-corrected chi connectivity index (χ0v) is 17.2. The third-order valence-corrected chi connectivity index (χ3v) is 5.45. The summed E-state index contributed by atoms with van der Waals surface area (Å²) in [5.41, 5.74) is 5.96. The lowest BCUT2D eigenvalue weighted by Gasteiger charge is -2.25. The van der Waals surface area contributed by atoms with Crippen molar-refractivity contribution in [2.75, 3.05) is 7.05 Å². The highest BCUT2D eigenvalue weighted by Gasteiger charge is 2.19. The number of fused-ring (bicyclic) bond motifs is 1. The molecule has 0 unspecified atom stereocenters. The van der Waals surface area contributed by atoms with E-state index in [9.17, 15) is 4.79 Å². The molecule has 0 aliphatic heterocycles. The molecule has 142 valence electrons. The predicted molar refractivity (Wildman–Crippen MR) is 108 cm³/mol. The van der Waals surface area contributed by atoms with Gasteiger partial charge in [-0.05, 0) is 57.4 Å². The van der Waals surface area contributed by atoms with E-state index in [1.807, 2.05) is 69.6 Å². The number of hydrogen-bond donors (Lipinski definition) is 0. The van der Waals surface area contributed by atoms with Crippen LogP contribution in [0.2, 0.25) is 5.02 Å². The number of carbonyl (C=O) groups excluding carboxylic acids is 1. The van der Waals surface area contributed by atoms with Gasteiger partial charge in [-0.15, -0.1) is 0 Å². The summed E-state index contributed by atoms with van der Waals surface area (Å²) in [6.07, 6.45) is 1.08. The summed E-state index contributed by atoms with van der Waals surface area (Å²) in [6, 6.07) is 9.59. The fourth-order valence-corrected chi connectivity index (χ4v) is 3.52. The van der Waals surface area contributed by atoms with Crippen LogP contribution in [0.15, 0.2) is 30.3 Å². The molecule has 27 heavy (non-hydrogen) atoms. The molecule has 0 saturated carbocycles. The van der Waals surface area contributed by atoms with Crippen LogP contribution in [-0.4, -0.2) is 32.5 Å². The van der Waals surface area contributed by atoms with Crippen molar-refractivity contribution in [3.8, 4) is 0 Å². The molecule has 1 aromatic carbocycles. The Kier molecular flexibility index (Phi) is 5.51. The highest BCUT2D eigenvalue weighted by molar-refractivity contribution is 6.30. The lowest BCUT2D eigenvalue weighted by Crippen LogP contribution is -2.30. The van der Waals surface area contributed by atoms with E-state index in [-0.39, 0.29) is 11.9 Å². The number of amides is 1. The van der Waals surface area contributed by atoms with Gasteiger partial charge in [0.25, 0.3) is 0 Å². The number of nitrogens with zero attached hydrogens (tertiary/aromatic N) is 4. The van der Waals surface area contributed by atoms with Crippen molar-refractivity contribution in [1.29, 1.82) is 0 Å². The minimum Gasteiger partial charge on any atom is -0.339 e. The first kappa shape index (κ1) is 19.4. The molecule has 0 spiro atoms. The molecule has 0 aliphatic carbocycles. The smallest absolute Gasteiger partial charge is 0.223 e. The minimum absolute atomic E-state index is 0.00803. The maximum Gasteiger partial charge on any atom is 0.223 e. The number of aromatic nitrogens is 3. The summed E-state index contributed by atoms with van der Waals surface area (Å²) in [7, 11) is 1.85. The molecule has 1 atom stereocenters. The Morgan fingerprint density at radius 2 is 1.89 bits per heavy atom. The van der Waals surface area contributed by atoms with Crippen molar-refractivity contribution in [3.63, 3.8) is 0 Å². The second-order valence-electron chi connectivity index (χ2n) is 7.05. The zero-order valence-electron chi connectivity index (χ0n) is 16.5. The Labute approximate surface area is 165 Å². The summed E-state index contributed by atoms with van der Waals surface area (Å²) < 4.78 is 1.86. The Hall–Kier alpha value is -2.40. The number of rotatable bonds is 5. The maximum absolute atomic E-state index is 12.7. The third-order valence-electron chi connectivity index (χ3n) is 5.20. The molecule has 0 radical (unpaired) electrons. The highest BCUT2D eigenvalue weighted by Crippen LogP contribution is 2.23. The first-order valence-electron chi connectivity index (χ1n) is 9.11. The SMILES string of the molecule is Cc1cc2nc(C)c(CCC(=O)N(C)[C@@H](C)c3ccc(Cl)cc3)c(C)n2n1. The van der Waals surface area contributed by atoms with Crippen molar-refractivity contribution < 1.29 is 4.79 Å². The summed E-state index contributed by atoms with van der Waals surface area (Å²) in [6.45, 7) is 8.01. The van der Waals surface area contributed by atoms with Crippen LogP contribution in [0.3, 0.4) is 0 Å². The molecule has 1 amide bonds. The summed E-state index contributed by atoms with van der Waals surface area (Å²) >= 11 is 5.96.